The topological polar surface area (TPSA) is 23.8 Å². The third-order valence-corrected chi connectivity index (χ3v) is 3.36. The van der Waals surface area contributed by atoms with Crippen LogP contribution in [0, 0.1) is 17.2 Å². The van der Waals surface area contributed by atoms with Crippen LogP contribution in [0.25, 0.3) is 0 Å². The minimum absolute atomic E-state index is 0.0255. The molecule has 15 heavy (non-hydrogen) atoms. The molecule has 0 radical (unpaired) electrons. The molecule has 1 rings (SSSR count). The van der Waals surface area contributed by atoms with Crippen LogP contribution in [0.2, 0.25) is 0 Å². The van der Waals surface area contributed by atoms with Crippen LogP contribution in [-0.4, -0.2) is 0 Å². The molecule has 0 heterocycles. The van der Waals surface area contributed by atoms with E-state index >= 15 is 0 Å². The first-order valence-corrected chi connectivity index (χ1v) is 6.17. The Hall–Kier alpha value is -0.810. The summed E-state index contributed by atoms with van der Waals surface area (Å²) in [5, 5.41) is 9.24. The maximum Gasteiger partial charge on any atom is 0.0741 e. The van der Waals surface area contributed by atoms with E-state index in [9.17, 15) is 5.26 Å². The lowest BCUT2D eigenvalue weighted by Gasteiger charge is -2.19. The monoisotopic (exact) mass is 265 g/mol. The fourth-order valence-electron chi connectivity index (χ4n) is 1.91. The van der Waals surface area contributed by atoms with Crippen LogP contribution in [-0.2, 0) is 0 Å². The third-order valence-electron chi connectivity index (χ3n) is 2.87. The van der Waals surface area contributed by atoms with Crippen LogP contribution in [0.1, 0.15) is 38.2 Å². The van der Waals surface area contributed by atoms with Gasteiger partial charge in [0.05, 0.1) is 12.0 Å². The van der Waals surface area contributed by atoms with Gasteiger partial charge in [-0.2, -0.15) is 5.26 Å². The third kappa shape index (κ3) is 3.07. The number of hydrogen-bond donors (Lipinski definition) is 0. The Morgan fingerprint density at radius 2 is 2.00 bits per heavy atom. The van der Waals surface area contributed by atoms with Gasteiger partial charge in [0, 0.05) is 4.47 Å². The Labute approximate surface area is 100 Å². The van der Waals surface area contributed by atoms with Crippen molar-refractivity contribution in [3.63, 3.8) is 0 Å². The Balaban J connectivity index is 2.97. The molecule has 1 aromatic carbocycles. The second-order valence-electron chi connectivity index (χ2n) is 3.74. The molecule has 80 valence electrons. The first-order chi connectivity index (χ1) is 7.22. The van der Waals surface area contributed by atoms with Crippen LogP contribution >= 0.6 is 15.9 Å². The molecule has 1 atom stereocenters. The standard InChI is InChI=1S/C13H16BrN/c1-3-10(4-2)13(9-15)11-6-5-7-12(14)8-11/h5-8,10,13H,3-4H2,1-2H3. The summed E-state index contributed by atoms with van der Waals surface area (Å²) in [6.45, 7) is 4.30. The number of nitrogens with zero attached hydrogens (tertiary/aromatic N) is 1. The molecular formula is C13H16BrN. The summed E-state index contributed by atoms with van der Waals surface area (Å²) in [5.41, 5.74) is 1.13. The van der Waals surface area contributed by atoms with Gasteiger partial charge in [0.15, 0.2) is 0 Å². The van der Waals surface area contributed by atoms with E-state index in [1.165, 1.54) is 0 Å². The fourth-order valence-corrected chi connectivity index (χ4v) is 2.33. The van der Waals surface area contributed by atoms with Crippen molar-refractivity contribution in [1.82, 2.24) is 0 Å². The number of rotatable bonds is 4. The predicted octanol–water partition coefficient (Wildman–Crippen LogP) is 4.49. The average Bonchev–Trinajstić information content (AvgIpc) is 2.25. The zero-order valence-corrected chi connectivity index (χ0v) is 10.8. The highest BCUT2D eigenvalue weighted by Gasteiger charge is 2.19. The van der Waals surface area contributed by atoms with E-state index in [0.717, 1.165) is 22.9 Å². The maximum atomic E-state index is 9.24. The summed E-state index contributed by atoms with van der Waals surface area (Å²) in [5.74, 6) is 0.488. The van der Waals surface area contributed by atoms with E-state index < -0.39 is 0 Å². The number of halogens is 1. The molecule has 0 spiro atoms. The largest absolute Gasteiger partial charge is 0.198 e. The molecule has 0 aliphatic carbocycles. The van der Waals surface area contributed by atoms with Crippen LogP contribution in [0.3, 0.4) is 0 Å². The van der Waals surface area contributed by atoms with Gasteiger partial charge in [-0.05, 0) is 23.6 Å². The maximum absolute atomic E-state index is 9.24. The number of hydrogen-bond acceptors (Lipinski definition) is 1. The molecule has 0 aliphatic heterocycles. The summed E-state index contributed by atoms with van der Waals surface area (Å²) < 4.78 is 1.05. The summed E-state index contributed by atoms with van der Waals surface area (Å²) in [6.07, 6.45) is 2.11. The van der Waals surface area contributed by atoms with E-state index in [4.69, 9.17) is 0 Å². The Kier molecular flexibility index (Phi) is 4.84. The SMILES string of the molecule is CCC(CC)C(C#N)c1cccc(Br)c1. The normalized spacial score (nSPS) is 12.5. The smallest absolute Gasteiger partial charge is 0.0741 e. The quantitative estimate of drug-likeness (QED) is 0.787. The molecule has 1 nitrogen and oxygen atoms in total. The minimum Gasteiger partial charge on any atom is -0.198 e. The molecule has 0 fully saturated rings. The first kappa shape index (κ1) is 12.3. The highest BCUT2D eigenvalue weighted by molar-refractivity contribution is 9.10. The molecule has 0 N–H and O–H groups in total. The molecule has 2 heteroatoms. The van der Waals surface area contributed by atoms with Gasteiger partial charge in [0.2, 0.25) is 0 Å². The van der Waals surface area contributed by atoms with Gasteiger partial charge in [0.1, 0.15) is 0 Å². The van der Waals surface area contributed by atoms with Gasteiger partial charge < -0.3 is 0 Å². The van der Waals surface area contributed by atoms with E-state index in [2.05, 4.69) is 35.8 Å². The van der Waals surface area contributed by atoms with Gasteiger partial charge in [-0.25, -0.2) is 0 Å². The van der Waals surface area contributed by atoms with E-state index in [1.54, 1.807) is 0 Å². The molecule has 0 amide bonds. The summed E-state index contributed by atoms with van der Waals surface area (Å²) in [6, 6.07) is 10.5. The zero-order valence-electron chi connectivity index (χ0n) is 9.20. The van der Waals surface area contributed by atoms with Crippen molar-refractivity contribution < 1.29 is 0 Å². The molecule has 1 aromatic rings. The lowest BCUT2D eigenvalue weighted by atomic mass is 9.84. The second-order valence-corrected chi connectivity index (χ2v) is 4.65. The molecule has 0 bridgehead atoms. The average molecular weight is 266 g/mol. The molecule has 0 aliphatic rings. The van der Waals surface area contributed by atoms with Crippen LogP contribution < -0.4 is 0 Å². The van der Waals surface area contributed by atoms with Crippen molar-refractivity contribution in [2.24, 2.45) is 5.92 Å². The fraction of sp³-hybridized carbons (Fsp3) is 0.462. The number of benzene rings is 1. The highest BCUT2D eigenvalue weighted by Crippen LogP contribution is 2.30. The van der Waals surface area contributed by atoms with Gasteiger partial charge in [-0.15, -0.1) is 0 Å². The molecule has 0 saturated carbocycles. The predicted molar refractivity (Wildman–Crippen MR) is 66.6 cm³/mol. The minimum atomic E-state index is 0.0255. The molecule has 0 aromatic heterocycles. The Bertz CT molecular complexity index is 350. The van der Waals surface area contributed by atoms with Crippen molar-refractivity contribution in [3.8, 4) is 6.07 Å². The van der Waals surface area contributed by atoms with Crippen molar-refractivity contribution in [3.05, 3.63) is 34.3 Å². The lowest BCUT2D eigenvalue weighted by Crippen LogP contribution is -2.09. The summed E-state index contributed by atoms with van der Waals surface area (Å²) in [4.78, 5) is 0. The van der Waals surface area contributed by atoms with Crippen LogP contribution in [0.4, 0.5) is 0 Å². The van der Waals surface area contributed by atoms with Crippen molar-refractivity contribution in [1.29, 1.82) is 5.26 Å². The highest BCUT2D eigenvalue weighted by atomic mass is 79.9. The van der Waals surface area contributed by atoms with Crippen molar-refractivity contribution in [2.75, 3.05) is 0 Å². The van der Waals surface area contributed by atoms with Gasteiger partial charge >= 0.3 is 0 Å². The zero-order chi connectivity index (χ0) is 11.3. The number of nitriles is 1. The molecule has 0 saturated heterocycles. The van der Waals surface area contributed by atoms with Crippen molar-refractivity contribution in [2.45, 2.75) is 32.6 Å². The van der Waals surface area contributed by atoms with Crippen molar-refractivity contribution >= 4 is 15.9 Å². The first-order valence-electron chi connectivity index (χ1n) is 5.38. The Morgan fingerprint density at radius 1 is 1.33 bits per heavy atom. The van der Waals surface area contributed by atoms with E-state index in [0.29, 0.717) is 5.92 Å². The molecule has 1 unspecified atom stereocenters. The van der Waals surface area contributed by atoms with Gasteiger partial charge in [-0.3, -0.25) is 0 Å². The summed E-state index contributed by atoms with van der Waals surface area (Å²) in [7, 11) is 0. The van der Waals surface area contributed by atoms with E-state index in [1.807, 2.05) is 24.3 Å². The van der Waals surface area contributed by atoms with Gasteiger partial charge in [-0.1, -0.05) is 54.8 Å². The molecular weight excluding hydrogens is 250 g/mol. The van der Waals surface area contributed by atoms with E-state index in [-0.39, 0.29) is 5.92 Å². The summed E-state index contributed by atoms with van der Waals surface area (Å²) >= 11 is 3.44. The Morgan fingerprint density at radius 3 is 2.47 bits per heavy atom. The van der Waals surface area contributed by atoms with Crippen LogP contribution in [0.5, 0.6) is 0 Å². The second kappa shape index (κ2) is 5.92. The van der Waals surface area contributed by atoms with Gasteiger partial charge in [0.25, 0.3) is 0 Å². The lowest BCUT2D eigenvalue weighted by molar-refractivity contribution is 0.453. The van der Waals surface area contributed by atoms with Crippen LogP contribution in [0.15, 0.2) is 28.7 Å².